The molecule has 0 saturated carbocycles. The number of aryl methyl sites for hydroxylation is 3. The van der Waals surface area contributed by atoms with E-state index in [1.807, 2.05) is 39.0 Å². The van der Waals surface area contributed by atoms with Crippen LogP contribution in [0.4, 0.5) is 5.95 Å². The third-order valence-corrected chi connectivity index (χ3v) is 3.02. The first-order valence-electron chi connectivity index (χ1n) is 6.12. The second kappa shape index (κ2) is 4.38. The van der Waals surface area contributed by atoms with Crippen molar-refractivity contribution in [1.29, 1.82) is 0 Å². The van der Waals surface area contributed by atoms with Gasteiger partial charge >= 0.3 is 0 Å². The Kier molecular flexibility index (Phi) is 2.70. The van der Waals surface area contributed by atoms with Crippen LogP contribution in [0.3, 0.4) is 0 Å². The number of nitrogens with one attached hydrogen (secondary N) is 1. The second-order valence-electron chi connectivity index (χ2n) is 4.48. The van der Waals surface area contributed by atoms with Crippen LogP contribution in [-0.2, 0) is 6.54 Å². The summed E-state index contributed by atoms with van der Waals surface area (Å²) in [6, 6.07) is 5.88. The van der Waals surface area contributed by atoms with Crippen molar-refractivity contribution in [2.24, 2.45) is 0 Å². The van der Waals surface area contributed by atoms with Gasteiger partial charge in [0.15, 0.2) is 5.65 Å². The number of nitrogens with zero attached hydrogens (tertiary/aromatic N) is 4. The fraction of sp³-hybridized carbons (Fsp3) is 0.308. The Bertz CT molecular complexity index is 708. The van der Waals surface area contributed by atoms with Gasteiger partial charge in [-0.15, -0.1) is 5.10 Å². The van der Waals surface area contributed by atoms with Crippen molar-refractivity contribution in [2.45, 2.75) is 27.3 Å². The fourth-order valence-corrected chi connectivity index (χ4v) is 1.88. The van der Waals surface area contributed by atoms with Gasteiger partial charge in [-0.25, -0.2) is 9.50 Å². The molecular formula is C13H15N5O. The number of pyridine rings is 1. The zero-order valence-electron chi connectivity index (χ0n) is 11.1. The van der Waals surface area contributed by atoms with Gasteiger partial charge in [-0.2, -0.15) is 4.98 Å². The summed E-state index contributed by atoms with van der Waals surface area (Å²) in [7, 11) is 0. The summed E-state index contributed by atoms with van der Waals surface area (Å²) >= 11 is 0. The average molecular weight is 257 g/mol. The van der Waals surface area contributed by atoms with E-state index in [0.29, 0.717) is 18.4 Å². The quantitative estimate of drug-likeness (QED) is 0.779. The molecule has 0 saturated heterocycles. The molecule has 0 unspecified atom stereocenters. The fourth-order valence-electron chi connectivity index (χ4n) is 1.88. The molecule has 0 radical (unpaired) electrons. The molecule has 3 aromatic rings. The molecule has 1 N–H and O–H groups in total. The summed E-state index contributed by atoms with van der Waals surface area (Å²) in [5.74, 6) is 2.06. The highest BCUT2D eigenvalue weighted by atomic mass is 16.4. The first kappa shape index (κ1) is 11.7. The normalized spacial score (nSPS) is 11.1. The van der Waals surface area contributed by atoms with Gasteiger partial charge in [-0.05, 0) is 32.9 Å². The van der Waals surface area contributed by atoms with Gasteiger partial charge in [-0.3, -0.25) is 0 Å². The van der Waals surface area contributed by atoms with Crippen molar-refractivity contribution in [3.05, 3.63) is 41.2 Å². The van der Waals surface area contributed by atoms with Crippen molar-refractivity contribution in [3.8, 4) is 0 Å². The highest BCUT2D eigenvalue weighted by Gasteiger charge is 2.08. The number of anilines is 1. The molecule has 0 aliphatic carbocycles. The largest absolute Gasteiger partial charge is 0.444 e. The van der Waals surface area contributed by atoms with E-state index < -0.39 is 0 Å². The van der Waals surface area contributed by atoms with E-state index in [2.05, 4.69) is 20.4 Å². The van der Waals surface area contributed by atoms with E-state index in [0.717, 1.165) is 22.8 Å². The lowest BCUT2D eigenvalue weighted by atomic mass is 10.4. The number of fused-ring (bicyclic) bond motifs is 1. The first-order chi connectivity index (χ1) is 9.13. The maximum absolute atomic E-state index is 5.50. The average Bonchev–Trinajstić information content (AvgIpc) is 2.92. The van der Waals surface area contributed by atoms with E-state index >= 15 is 0 Å². The van der Waals surface area contributed by atoms with Crippen LogP contribution in [0.15, 0.2) is 22.6 Å². The Hall–Kier alpha value is -2.37. The Morgan fingerprint density at radius 3 is 2.74 bits per heavy atom. The first-order valence-corrected chi connectivity index (χ1v) is 6.12. The lowest BCUT2D eigenvalue weighted by molar-refractivity contribution is 0.478. The van der Waals surface area contributed by atoms with Gasteiger partial charge in [-0.1, -0.05) is 6.07 Å². The molecule has 0 amide bonds. The van der Waals surface area contributed by atoms with Crippen LogP contribution in [0, 0.1) is 20.8 Å². The summed E-state index contributed by atoms with van der Waals surface area (Å²) < 4.78 is 7.30. The van der Waals surface area contributed by atoms with Crippen LogP contribution in [-0.4, -0.2) is 19.6 Å². The van der Waals surface area contributed by atoms with E-state index in [4.69, 9.17) is 4.42 Å². The topological polar surface area (TPSA) is 68.2 Å². The zero-order valence-corrected chi connectivity index (χ0v) is 11.1. The Morgan fingerprint density at radius 1 is 1.21 bits per heavy atom. The highest BCUT2D eigenvalue weighted by Crippen LogP contribution is 2.11. The van der Waals surface area contributed by atoms with Gasteiger partial charge in [0.2, 0.25) is 11.8 Å². The molecular weight excluding hydrogens is 242 g/mol. The number of oxazole rings is 1. The molecule has 0 aliphatic rings. The molecule has 0 spiro atoms. The predicted octanol–water partition coefficient (Wildman–Crippen LogP) is 2.25. The van der Waals surface area contributed by atoms with E-state index in [9.17, 15) is 0 Å². The smallest absolute Gasteiger partial charge is 0.243 e. The van der Waals surface area contributed by atoms with E-state index in [1.54, 1.807) is 4.52 Å². The molecule has 3 aromatic heterocycles. The van der Waals surface area contributed by atoms with Gasteiger partial charge in [0.05, 0.1) is 12.2 Å². The minimum atomic E-state index is 0.477. The molecule has 3 rings (SSSR count). The molecule has 0 aromatic carbocycles. The van der Waals surface area contributed by atoms with Crippen LogP contribution in [0.1, 0.15) is 23.0 Å². The van der Waals surface area contributed by atoms with Crippen molar-refractivity contribution in [2.75, 3.05) is 5.32 Å². The standard InChI is InChI=1S/C13H15N5O/c1-8-5-4-6-11-16-13(17-18(8)11)14-7-12-15-9(2)10(3)19-12/h4-6H,7H2,1-3H3,(H,14,17). The minimum absolute atomic E-state index is 0.477. The SMILES string of the molecule is Cc1nc(CNc2nc3cccc(C)n3n2)oc1C. The molecule has 6 nitrogen and oxygen atoms in total. The van der Waals surface area contributed by atoms with Crippen molar-refractivity contribution < 1.29 is 4.42 Å². The van der Waals surface area contributed by atoms with E-state index in [1.165, 1.54) is 0 Å². The number of aromatic nitrogens is 4. The van der Waals surface area contributed by atoms with Gasteiger partial charge in [0.25, 0.3) is 0 Å². The Balaban J connectivity index is 1.80. The number of hydrogen-bond acceptors (Lipinski definition) is 5. The summed E-state index contributed by atoms with van der Waals surface area (Å²) in [6.07, 6.45) is 0. The van der Waals surface area contributed by atoms with Gasteiger partial charge in [0.1, 0.15) is 5.76 Å². The number of rotatable bonds is 3. The van der Waals surface area contributed by atoms with Crippen LogP contribution in [0.2, 0.25) is 0 Å². The van der Waals surface area contributed by atoms with E-state index in [-0.39, 0.29) is 0 Å². The Labute approximate surface area is 110 Å². The molecule has 0 fully saturated rings. The maximum Gasteiger partial charge on any atom is 0.243 e. The molecule has 0 bridgehead atoms. The van der Waals surface area contributed by atoms with Gasteiger partial charge in [0, 0.05) is 5.69 Å². The summed E-state index contributed by atoms with van der Waals surface area (Å²) in [4.78, 5) is 8.69. The molecule has 98 valence electrons. The van der Waals surface area contributed by atoms with Crippen molar-refractivity contribution in [1.82, 2.24) is 19.6 Å². The summed E-state index contributed by atoms with van der Waals surface area (Å²) in [5, 5.41) is 7.50. The zero-order chi connectivity index (χ0) is 13.4. The predicted molar refractivity (Wildman–Crippen MR) is 71.0 cm³/mol. The summed E-state index contributed by atoms with van der Waals surface area (Å²) in [6.45, 7) is 6.30. The molecule has 3 heterocycles. The minimum Gasteiger partial charge on any atom is -0.444 e. The maximum atomic E-state index is 5.50. The van der Waals surface area contributed by atoms with Crippen molar-refractivity contribution >= 4 is 11.6 Å². The van der Waals surface area contributed by atoms with Crippen LogP contribution >= 0.6 is 0 Å². The Morgan fingerprint density at radius 2 is 2.05 bits per heavy atom. The summed E-state index contributed by atoms with van der Waals surface area (Å²) in [5.41, 5.74) is 2.78. The van der Waals surface area contributed by atoms with Crippen LogP contribution < -0.4 is 5.32 Å². The molecule has 6 heteroatoms. The molecule has 0 aliphatic heterocycles. The lowest BCUT2D eigenvalue weighted by Gasteiger charge is -1.96. The van der Waals surface area contributed by atoms with Crippen molar-refractivity contribution in [3.63, 3.8) is 0 Å². The van der Waals surface area contributed by atoms with Crippen LogP contribution in [0.25, 0.3) is 5.65 Å². The van der Waals surface area contributed by atoms with Crippen LogP contribution in [0.5, 0.6) is 0 Å². The monoisotopic (exact) mass is 257 g/mol. The molecule has 19 heavy (non-hydrogen) atoms. The van der Waals surface area contributed by atoms with Gasteiger partial charge < -0.3 is 9.73 Å². The number of hydrogen-bond donors (Lipinski definition) is 1. The third kappa shape index (κ3) is 2.16. The second-order valence-corrected chi connectivity index (χ2v) is 4.48. The molecule has 0 atom stereocenters. The highest BCUT2D eigenvalue weighted by molar-refractivity contribution is 5.44. The lowest BCUT2D eigenvalue weighted by Crippen LogP contribution is -2.01. The third-order valence-electron chi connectivity index (χ3n) is 3.02.